The van der Waals surface area contributed by atoms with Crippen molar-refractivity contribution < 1.29 is 28.4 Å². The van der Waals surface area contributed by atoms with Gasteiger partial charge in [0.15, 0.2) is 6.10 Å². The van der Waals surface area contributed by atoms with E-state index < -0.39 is 24.0 Å². The van der Waals surface area contributed by atoms with Crippen LogP contribution in [-0.4, -0.2) is 29.2 Å². The molecule has 3 N–H and O–H groups in total. The fourth-order valence-electron chi connectivity index (χ4n) is 2.42. The third-order valence-corrected chi connectivity index (χ3v) is 4.00. The Morgan fingerprint density at radius 3 is 2.32 bits per heavy atom. The Bertz CT molecular complexity index is 838. The summed E-state index contributed by atoms with van der Waals surface area (Å²) < 4.78 is 16.0. The van der Waals surface area contributed by atoms with Gasteiger partial charge in [0.2, 0.25) is 0 Å². The standard InChI is InChI=1S/C19H23N3O6/c1-10(2)16(17(23)21-19(20)25)27-18(24)13-5-7-14(8-6-13)26-9-15-11(3)22-28-12(15)4/h5-8,10,16H,9H2,1-4H3,(H3,20,21,23,25)/t16-/m0/s1. The fourth-order valence-corrected chi connectivity index (χ4v) is 2.42. The summed E-state index contributed by atoms with van der Waals surface area (Å²) in [5.41, 5.74) is 6.80. The minimum Gasteiger partial charge on any atom is -0.489 e. The maximum absolute atomic E-state index is 12.3. The predicted octanol–water partition coefficient (Wildman–Crippen LogP) is 2.25. The number of rotatable bonds is 7. The molecule has 0 spiro atoms. The number of carbonyl (C=O) groups is 3. The molecule has 0 fully saturated rings. The molecule has 3 amide bonds. The minimum absolute atomic E-state index is 0.238. The number of nitrogens with zero attached hydrogens (tertiary/aromatic N) is 1. The van der Waals surface area contributed by atoms with Crippen LogP contribution in [0, 0.1) is 19.8 Å². The van der Waals surface area contributed by atoms with Crippen molar-refractivity contribution in [2.45, 2.75) is 40.4 Å². The van der Waals surface area contributed by atoms with Crippen LogP contribution in [0.25, 0.3) is 0 Å². The Hall–Kier alpha value is -3.36. The normalized spacial score (nSPS) is 11.8. The molecule has 28 heavy (non-hydrogen) atoms. The van der Waals surface area contributed by atoms with E-state index in [1.54, 1.807) is 32.9 Å². The molecule has 0 aliphatic carbocycles. The number of ether oxygens (including phenoxy) is 2. The van der Waals surface area contributed by atoms with E-state index in [0.717, 1.165) is 11.3 Å². The lowest BCUT2D eigenvalue weighted by Gasteiger charge is -2.19. The van der Waals surface area contributed by atoms with Crippen LogP contribution in [0.3, 0.4) is 0 Å². The van der Waals surface area contributed by atoms with Gasteiger partial charge in [0.05, 0.1) is 16.8 Å². The van der Waals surface area contributed by atoms with Crippen molar-refractivity contribution in [1.82, 2.24) is 10.5 Å². The first kappa shape index (κ1) is 20.9. The highest BCUT2D eigenvalue weighted by atomic mass is 16.5. The van der Waals surface area contributed by atoms with E-state index in [9.17, 15) is 14.4 Å². The number of aryl methyl sites for hydroxylation is 2. The second kappa shape index (κ2) is 9.03. The zero-order valence-electron chi connectivity index (χ0n) is 16.1. The third kappa shape index (κ3) is 5.32. The summed E-state index contributed by atoms with van der Waals surface area (Å²) in [6.07, 6.45) is -1.14. The zero-order valence-corrected chi connectivity index (χ0v) is 16.1. The van der Waals surface area contributed by atoms with Crippen molar-refractivity contribution in [3.8, 4) is 5.75 Å². The summed E-state index contributed by atoms with van der Waals surface area (Å²) in [6, 6.07) is 5.26. The first-order valence-corrected chi connectivity index (χ1v) is 8.65. The maximum atomic E-state index is 12.3. The second-order valence-electron chi connectivity index (χ2n) is 6.54. The molecule has 0 radical (unpaired) electrons. The molecule has 1 atom stereocenters. The van der Waals surface area contributed by atoms with Crippen molar-refractivity contribution in [3.63, 3.8) is 0 Å². The molecule has 0 aliphatic rings. The number of esters is 1. The summed E-state index contributed by atoms with van der Waals surface area (Å²) >= 11 is 0. The van der Waals surface area contributed by atoms with Gasteiger partial charge in [-0.25, -0.2) is 9.59 Å². The molecule has 0 saturated carbocycles. The molecular formula is C19H23N3O6. The number of nitrogens with one attached hydrogen (secondary N) is 1. The lowest BCUT2D eigenvalue weighted by atomic mass is 10.1. The Morgan fingerprint density at radius 2 is 1.82 bits per heavy atom. The average molecular weight is 389 g/mol. The highest BCUT2D eigenvalue weighted by molar-refractivity contribution is 5.98. The summed E-state index contributed by atoms with van der Waals surface area (Å²) in [5, 5.41) is 5.78. The maximum Gasteiger partial charge on any atom is 0.338 e. The van der Waals surface area contributed by atoms with Crippen LogP contribution in [0.5, 0.6) is 5.75 Å². The molecule has 2 rings (SSSR count). The fraction of sp³-hybridized carbons (Fsp3) is 0.368. The molecule has 0 bridgehead atoms. The number of benzene rings is 1. The van der Waals surface area contributed by atoms with Gasteiger partial charge >= 0.3 is 12.0 Å². The number of imide groups is 1. The van der Waals surface area contributed by atoms with E-state index in [1.807, 2.05) is 12.2 Å². The van der Waals surface area contributed by atoms with Gasteiger partial charge in [-0.3, -0.25) is 10.1 Å². The first-order chi connectivity index (χ1) is 13.2. The Balaban J connectivity index is 2.00. The number of aromatic nitrogens is 1. The topological polar surface area (TPSA) is 134 Å². The van der Waals surface area contributed by atoms with Gasteiger partial charge in [-0.1, -0.05) is 19.0 Å². The minimum atomic E-state index is -1.14. The Labute approximate surface area is 162 Å². The molecular weight excluding hydrogens is 366 g/mol. The van der Waals surface area contributed by atoms with Gasteiger partial charge in [-0.2, -0.15) is 0 Å². The lowest BCUT2D eigenvalue weighted by molar-refractivity contribution is -0.130. The van der Waals surface area contributed by atoms with Gasteiger partial charge in [0, 0.05) is 0 Å². The lowest BCUT2D eigenvalue weighted by Crippen LogP contribution is -2.45. The Morgan fingerprint density at radius 1 is 1.18 bits per heavy atom. The molecule has 0 saturated heterocycles. The van der Waals surface area contributed by atoms with Crippen LogP contribution in [0.1, 0.15) is 41.2 Å². The van der Waals surface area contributed by atoms with Crippen molar-refractivity contribution in [2.24, 2.45) is 11.7 Å². The van der Waals surface area contributed by atoms with E-state index in [-0.39, 0.29) is 18.1 Å². The number of amides is 3. The summed E-state index contributed by atoms with van der Waals surface area (Å²) in [6.45, 7) is 7.28. The van der Waals surface area contributed by atoms with Crippen LogP contribution < -0.4 is 15.8 Å². The zero-order chi connectivity index (χ0) is 20.8. The van der Waals surface area contributed by atoms with E-state index in [4.69, 9.17) is 19.7 Å². The molecule has 0 unspecified atom stereocenters. The highest BCUT2D eigenvalue weighted by Crippen LogP contribution is 2.19. The summed E-state index contributed by atoms with van der Waals surface area (Å²) in [4.78, 5) is 35.1. The van der Waals surface area contributed by atoms with Gasteiger partial charge < -0.3 is 19.7 Å². The molecule has 2 aromatic rings. The summed E-state index contributed by atoms with van der Waals surface area (Å²) in [5.74, 6) is -0.582. The molecule has 9 nitrogen and oxygen atoms in total. The van der Waals surface area contributed by atoms with E-state index in [1.165, 1.54) is 12.1 Å². The van der Waals surface area contributed by atoms with Crippen molar-refractivity contribution in [1.29, 1.82) is 0 Å². The number of hydrogen-bond donors (Lipinski definition) is 2. The average Bonchev–Trinajstić information content (AvgIpc) is 2.95. The van der Waals surface area contributed by atoms with Crippen molar-refractivity contribution in [2.75, 3.05) is 0 Å². The van der Waals surface area contributed by atoms with Crippen molar-refractivity contribution in [3.05, 3.63) is 46.8 Å². The highest BCUT2D eigenvalue weighted by Gasteiger charge is 2.27. The number of carbonyl (C=O) groups excluding carboxylic acids is 3. The van der Waals surface area contributed by atoms with Gasteiger partial charge in [-0.05, 0) is 44.0 Å². The molecule has 0 aliphatic heterocycles. The van der Waals surface area contributed by atoms with Crippen LogP contribution in [0.4, 0.5) is 4.79 Å². The van der Waals surface area contributed by atoms with Crippen molar-refractivity contribution >= 4 is 17.9 Å². The molecule has 9 heteroatoms. The molecule has 150 valence electrons. The number of urea groups is 1. The monoisotopic (exact) mass is 389 g/mol. The van der Waals surface area contributed by atoms with Gasteiger partial charge in [-0.15, -0.1) is 0 Å². The SMILES string of the molecule is Cc1noc(C)c1COc1ccc(C(=O)O[C@H](C(=O)NC(N)=O)C(C)C)cc1. The van der Waals surface area contributed by atoms with Crippen LogP contribution in [0.15, 0.2) is 28.8 Å². The molecule has 1 aromatic carbocycles. The smallest absolute Gasteiger partial charge is 0.338 e. The van der Waals surface area contributed by atoms with Gasteiger partial charge in [0.1, 0.15) is 18.1 Å². The van der Waals surface area contributed by atoms with Crippen LogP contribution in [-0.2, 0) is 16.1 Å². The largest absolute Gasteiger partial charge is 0.489 e. The first-order valence-electron chi connectivity index (χ1n) is 8.65. The third-order valence-electron chi connectivity index (χ3n) is 4.00. The number of nitrogens with two attached hydrogens (primary N) is 1. The number of hydrogen-bond acceptors (Lipinski definition) is 7. The number of primary amides is 1. The van der Waals surface area contributed by atoms with E-state index in [0.29, 0.717) is 11.5 Å². The Kier molecular flexibility index (Phi) is 6.75. The second-order valence-corrected chi connectivity index (χ2v) is 6.54. The predicted molar refractivity (Wildman–Crippen MR) is 98.5 cm³/mol. The van der Waals surface area contributed by atoms with E-state index in [2.05, 4.69) is 5.16 Å². The molecule has 1 heterocycles. The van der Waals surface area contributed by atoms with Crippen LogP contribution >= 0.6 is 0 Å². The van der Waals surface area contributed by atoms with Gasteiger partial charge in [0.25, 0.3) is 5.91 Å². The molecule has 1 aromatic heterocycles. The van der Waals surface area contributed by atoms with Crippen LogP contribution in [0.2, 0.25) is 0 Å². The van der Waals surface area contributed by atoms with E-state index >= 15 is 0 Å². The summed E-state index contributed by atoms with van der Waals surface area (Å²) in [7, 11) is 0. The quantitative estimate of drug-likeness (QED) is 0.694.